The van der Waals surface area contributed by atoms with Gasteiger partial charge in [-0.2, -0.15) is 0 Å². The molecule has 0 aliphatic carbocycles. The minimum absolute atomic E-state index is 0.0967. The second-order valence-electron chi connectivity index (χ2n) is 7.17. The molecular formula is C22H29N3O. The summed E-state index contributed by atoms with van der Waals surface area (Å²) >= 11 is 0. The van der Waals surface area contributed by atoms with Crippen molar-refractivity contribution in [2.24, 2.45) is 0 Å². The fraction of sp³-hybridized carbons (Fsp3) is 0.409. The van der Waals surface area contributed by atoms with Gasteiger partial charge in [-0.25, -0.2) is 0 Å². The van der Waals surface area contributed by atoms with Crippen molar-refractivity contribution in [3.05, 3.63) is 65.2 Å². The van der Waals surface area contributed by atoms with Crippen molar-refractivity contribution < 1.29 is 4.79 Å². The Kier molecular flexibility index (Phi) is 5.94. The number of piperazine rings is 1. The number of carbonyl (C=O) groups excluding carboxylic acids is 1. The highest BCUT2D eigenvalue weighted by atomic mass is 16.2. The molecule has 1 fully saturated rings. The maximum atomic E-state index is 12.5. The zero-order valence-electron chi connectivity index (χ0n) is 16.0. The van der Waals surface area contributed by atoms with Crippen molar-refractivity contribution in [3.8, 4) is 0 Å². The molecule has 4 nitrogen and oxygen atoms in total. The monoisotopic (exact) mass is 351 g/mol. The van der Waals surface area contributed by atoms with Gasteiger partial charge in [0.1, 0.15) is 0 Å². The third-order valence-corrected chi connectivity index (χ3v) is 5.41. The van der Waals surface area contributed by atoms with E-state index in [-0.39, 0.29) is 11.9 Å². The van der Waals surface area contributed by atoms with Gasteiger partial charge in [-0.05, 0) is 49.6 Å². The van der Waals surface area contributed by atoms with E-state index in [4.69, 9.17) is 0 Å². The van der Waals surface area contributed by atoms with Gasteiger partial charge < -0.3 is 10.2 Å². The first kappa shape index (κ1) is 18.5. The fourth-order valence-electron chi connectivity index (χ4n) is 3.39. The van der Waals surface area contributed by atoms with E-state index in [1.807, 2.05) is 37.3 Å². The topological polar surface area (TPSA) is 35.6 Å². The van der Waals surface area contributed by atoms with E-state index in [1.165, 1.54) is 16.8 Å². The summed E-state index contributed by atoms with van der Waals surface area (Å²) in [6, 6.07) is 16.6. The van der Waals surface area contributed by atoms with Crippen molar-refractivity contribution in [2.75, 3.05) is 31.1 Å². The summed E-state index contributed by atoms with van der Waals surface area (Å²) in [5.74, 6) is 0.105. The van der Waals surface area contributed by atoms with E-state index in [2.05, 4.69) is 47.2 Å². The average molecular weight is 351 g/mol. The molecule has 1 amide bonds. The van der Waals surface area contributed by atoms with Gasteiger partial charge in [-0.15, -0.1) is 0 Å². The van der Waals surface area contributed by atoms with Crippen LogP contribution in [0.25, 0.3) is 0 Å². The van der Waals surface area contributed by atoms with Crippen LogP contribution in [0.2, 0.25) is 0 Å². The molecule has 0 saturated carbocycles. The van der Waals surface area contributed by atoms with Crippen molar-refractivity contribution in [1.29, 1.82) is 0 Å². The molecule has 2 aromatic rings. The number of amides is 1. The summed E-state index contributed by atoms with van der Waals surface area (Å²) in [7, 11) is 0. The predicted octanol–water partition coefficient (Wildman–Crippen LogP) is 3.13. The third kappa shape index (κ3) is 4.44. The first-order chi connectivity index (χ1) is 12.5. The lowest BCUT2D eigenvalue weighted by atomic mass is 10.1. The van der Waals surface area contributed by atoms with E-state index in [1.54, 1.807) is 0 Å². The molecule has 0 aromatic heterocycles. The van der Waals surface area contributed by atoms with Crippen LogP contribution >= 0.6 is 0 Å². The molecule has 1 N–H and O–H groups in total. The highest BCUT2D eigenvalue weighted by Gasteiger charge is 2.25. The van der Waals surface area contributed by atoms with Crippen LogP contribution in [0.1, 0.15) is 23.6 Å². The predicted molar refractivity (Wildman–Crippen MR) is 107 cm³/mol. The summed E-state index contributed by atoms with van der Waals surface area (Å²) in [5, 5.41) is 3.06. The van der Waals surface area contributed by atoms with Gasteiger partial charge >= 0.3 is 0 Å². The van der Waals surface area contributed by atoms with Crippen LogP contribution in [-0.4, -0.2) is 43.0 Å². The molecule has 138 valence electrons. The molecule has 1 aliphatic rings. The van der Waals surface area contributed by atoms with Crippen LogP contribution < -0.4 is 10.2 Å². The van der Waals surface area contributed by atoms with Gasteiger partial charge in [-0.1, -0.05) is 36.4 Å². The molecule has 3 rings (SSSR count). The summed E-state index contributed by atoms with van der Waals surface area (Å²) < 4.78 is 0. The van der Waals surface area contributed by atoms with Crippen molar-refractivity contribution in [3.63, 3.8) is 0 Å². The van der Waals surface area contributed by atoms with E-state index >= 15 is 0 Å². The average Bonchev–Trinajstić information content (AvgIpc) is 2.68. The lowest BCUT2D eigenvalue weighted by Gasteiger charge is -2.38. The van der Waals surface area contributed by atoms with Gasteiger partial charge in [0.05, 0.1) is 6.04 Å². The number of aryl methyl sites for hydroxylation is 2. The first-order valence-electron chi connectivity index (χ1n) is 9.42. The van der Waals surface area contributed by atoms with Crippen molar-refractivity contribution in [2.45, 2.75) is 33.4 Å². The number of rotatable bonds is 5. The summed E-state index contributed by atoms with van der Waals surface area (Å²) in [6.45, 7) is 10.6. The number of benzene rings is 2. The molecule has 1 atom stereocenters. The lowest BCUT2D eigenvalue weighted by Crippen LogP contribution is -2.53. The van der Waals surface area contributed by atoms with Gasteiger partial charge in [0.25, 0.3) is 0 Å². The second kappa shape index (κ2) is 8.37. The maximum absolute atomic E-state index is 12.5. The molecule has 0 spiro atoms. The lowest BCUT2D eigenvalue weighted by molar-refractivity contribution is -0.126. The molecular weight excluding hydrogens is 322 g/mol. The molecule has 4 heteroatoms. The normalized spacial score (nSPS) is 16.3. The Balaban J connectivity index is 1.50. The third-order valence-electron chi connectivity index (χ3n) is 5.41. The van der Waals surface area contributed by atoms with Crippen molar-refractivity contribution >= 4 is 11.6 Å². The van der Waals surface area contributed by atoms with Crippen LogP contribution in [0.5, 0.6) is 0 Å². The number of carbonyl (C=O) groups is 1. The molecule has 1 heterocycles. The van der Waals surface area contributed by atoms with Crippen LogP contribution in [0.15, 0.2) is 48.5 Å². The molecule has 2 aromatic carbocycles. The van der Waals surface area contributed by atoms with Crippen LogP contribution in [0.3, 0.4) is 0 Å². The molecule has 26 heavy (non-hydrogen) atoms. The zero-order chi connectivity index (χ0) is 18.5. The first-order valence-corrected chi connectivity index (χ1v) is 9.42. The van der Waals surface area contributed by atoms with E-state index in [9.17, 15) is 4.79 Å². The van der Waals surface area contributed by atoms with Crippen LogP contribution in [-0.2, 0) is 11.3 Å². The smallest absolute Gasteiger partial charge is 0.237 e. The molecule has 0 unspecified atom stereocenters. The van der Waals surface area contributed by atoms with Gasteiger partial charge in [-0.3, -0.25) is 9.69 Å². The molecule has 1 saturated heterocycles. The number of anilines is 1. The van der Waals surface area contributed by atoms with E-state index < -0.39 is 0 Å². The van der Waals surface area contributed by atoms with Crippen molar-refractivity contribution in [1.82, 2.24) is 10.2 Å². The van der Waals surface area contributed by atoms with Crippen LogP contribution in [0.4, 0.5) is 5.69 Å². The fourth-order valence-corrected chi connectivity index (χ4v) is 3.39. The number of nitrogens with one attached hydrogen (secondary N) is 1. The Hall–Kier alpha value is -2.33. The SMILES string of the molecule is Cc1ccc(N2CCN([C@H](C)C(=O)NCc3ccccc3)CC2)cc1C. The minimum Gasteiger partial charge on any atom is -0.369 e. The summed E-state index contributed by atoms with van der Waals surface area (Å²) in [6.07, 6.45) is 0. The zero-order valence-corrected chi connectivity index (χ0v) is 16.0. The Morgan fingerprint density at radius 2 is 1.69 bits per heavy atom. The molecule has 1 aliphatic heterocycles. The van der Waals surface area contributed by atoms with Crippen LogP contribution in [0, 0.1) is 13.8 Å². The summed E-state index contributed by atoms with van der Waals surface area (Å²) in [4.78, 5) is 17.2. The Morgan fingerprint density at radius 3 is 2.35 bits per heavy atom. The van der Waals surface area contributed by atoms with E-state index in [0.717, 1.165) is 31.7 Å². The summed E-state index contributed by atoms with van der Waals surface area (Å²) in [5.41, 5.74) is 5.08. The highest BCUT2D eigenvalue weighted by molar-refractivity contribution is 5.81. The van der Waals surface area contributed by atoms with Gasteiger partial charge in [0, 0.05) is 38.4 Å². The second-order valence-corrected chi connectivity index (χ2v) is 7.17. The van der Waals surface area contributed by atoms with Gasteiger partial charge in [0.15, 0.2) is 0 Å². The molecule has 0 radical (unpaired) electrons. The quantitative estimate of drug-likeness (QED) is 0.899. The maximum Gasteiger partial charge on any atom is 0.237 e. The Bertz CT molecular complexity index is 736. The van der Waals surface area contributed by atoms with Gasteiger partial charge in [0.2, 0.25) is 5.91 Å². The highest BCUT2D eigenvalue weighted by Crippen LogP contribution is 2.20. The number of hydrogen-bond donors (Lipinski definition) is 1. The molecule has 0 bridgehead atoms. The number of hydrogen-bond acceptors (Lipinski definition) is 3. The largest absolute Gasteiger partial charge is 0.369 e. The number of nitrogens with zero attached hydrogens (tertiary/aromatic N) is 2. The van der Waals surface area contributed by atoms with E-state index in [0.29, 0.717) is 6.54 Å². The minimum atomic E-state index is -0.0967. The standard InChI is InChI=1S/C22H29N3O/c1-17-9-10-21(15-18(17)2)25-13-11-24(12-14-25)19(3)22(26)23-16-20-7-5-4-6-8-20/h4-10,15,19H,11-14,16H2,1-3H3,(H,23,26)/t19-/m1/s1. The Labute approximate surface area is 156 Å². The Morgan fingerprint density at radius 1 is 1.00 bits per heavy atom.